The zero-order valence-electron chi connectivity index (χ0n) is 25.4. The number of rotatable bonds is 2. The summed E-state index contributed by atoms with van der Waals surface area (Å²) in [6.07, 6.45) is 2.64. The Morgan fingerprint density at radius 1 is 1.07 bits per heavy atom. The average Bonchev–Trinajstić information content (AvgIpc) is 3.17. The summed E-state index contributed by atoms with van der Waals surface area (Å²) in [5, 5.41) is 34.4. The molecular weight excluding hydrogens is 545 g/mol. The number of alkyl halides is 3. The third-order valence-corrected chi connectivity index (χ3v) is 12.8. The molecule has 9 atom stereocenters. The van der Waals surface area contributed by atoms with Gasteiger partial charge in [0.2, 0.25) is 5.91 Å². The van der Waals surface area contributed by atoms with E-state index >= 15 is 0 Å². The molecular formula is C33H45F3N2O4. The van der Waals surface area contributed by atoms with Crippen molar-refractivity contribution in [3.63, 3.8) is 0 Å². The molecule has 9 heteroatoms. The minimum atomic E-state index is -4.51. The van der Waals surface area contributed by atoms with Gasteiger partial charge in [-0.05, 0) is 98.9 Å². The lowest BCUT2D eigenvalue weighted by Crippen LogP contribution is -2.52. The second kappa shape index (κ2) is 9.92. The van der Waals surface area contributed by atoms with Gasteiger partial charge in [-0.15, -0.1) is 0 Å². The smallest absolute Gasteiger partial charge is 0.387 e. The molecule has 6 nitrogen and oxygen atoms in total. The SMILES string of the molecule is CC1(C)CC[C@]2(C(=O)NCC(F)(F)F)CC[C@]3(C)C(CC2C1)C(=O)C=C1[C@@H]2C=C(C#N)C(O)[C@@](C)(O)[C@H](CC[C@]13C)C2. The number of hydrogen-bond donors (Lipinski definition) is 3. The number of nitriles is 1. The Labute approximate surface area is 246 Å². The highest BCUT2D eigenvalue weighted by Gasteiger charge is 2.64. The van der Waals surface area contributed by atoms with Gasteiger partial charge in [0, 0.05) is 11.8 Å². The first kappa shape index (κ1) is 31.3. The van der Waals surface area contributed by atoms with Crippen molar-refractivity contribution in [3.8, 4) is 6.07 Å². The van der Waals surface area contributed by atoms with Gasteiger partial charge in [-0.3, -0.25) is 9.59 Å². The zero-order chi connectivity index (χ0) is 31.1. The van der Waals surface area contributed by atoms with Crippen molar-refractivity contribution in [1.82, 2.24) is 5.32 Å². The van der Waals surface area contributed by atoms with Crippen molar-refractivity contribution in [1.29, 1.82) is 5.26 Å². The van der Waals surface area contributed by atoms with Crippen molar-refractivity contribution in [3.05, 3.63) is 23.3 Å². The predicted molar refractivity (Wildman–Crippen MR) is 150 cm³/mol. The number of carbonyl (C=O) groups excluding carboxylic acids is 2. The van der Waals surface area contributed by atoms with Crippen LogP contribution in [-0.4, -0.2) is 46.3 Å². The second-order valence-corrected chi connectivity index (χ2v) is 15.5. The number of fused-ring (bicyclic) bond motifs is 7. The maximum Gasteiger partial charge on any atom is 0.405 e. The van der Waals surface area contributed by atoms with Crippen LogP contribution in [0.5, 0.6) is 0 Å². The van der Waals surface area contributed by atoms with Crippen molar-refractivity contribution >= 4 is 11.7 Å². The molecule has 5 aliphatic rings. The molecule has 0 heterocycles. The standard InChI is InChI=1S/C33H45F3N2O4/c1-28(2)8-10-32(27(41)38-18-33(34,35)36)11-9-30(4)24(14-22(32)16-28)25(39)15-23-19-12-20(17-37)26(40)31(5,42)21(13-19)6-7-29(23,30)3/h12,15,19,21-22,24,26,40,42H,6-11,13-14,16,18H2,1-5H3,(H,38,41)/t19-,21-,22?,24?,26?,29-,30-,31+,32+/m1/s1. The Morgan fingerprint density at radius 3 is 2.38 bits per heavy atom. The molecule has 2 bridgehead atoms. The lowest BCUT2D eigenvalue weighted by atomic mass is 9.48. The van der Waals surface area contributed by atoms with Crippen molar-refractivity contribution in [2.75, 3.05) is 6.54 Å². The van der Waals surface area contributed by atoms with Crippen LogP contribution in [0.1, 0.15) is 92.4 Å². The Morgan fingerprint density at radius 2 is 1.74 bits per heavy atom. The van der Waals surface area contributed by atoms with Crippen LogP contribution in [0.4, 0.5) is 13.2 Å². The van der Waals surface area contributed by atoms with E-state index in [1.165, 1.54) is 0 Å². The van der Waals surface area contributed by atoms with Crippen LogP contribution in [-0.2, 0) is 9.59 Å². The number of nitrogens with zero attached hydrogens (tertiary/aromatic N) is 1. The van der Waals surface area contributed by atoms with Crippen molar-refractivity contribution in [2.45, 2.75) is 110 Å². The molecule has 5 aliphatic carbocycles. The van der Waals surface area contributed by atoms with Crippen LogP contribution >= 0.6 is 0 Å². The minimum absolute atomic E-state index is 0.0261. The topological polar surface area (TPSA) is 110 Å². The summed E-state index contributed by atoms with van der Waals surface area (Å²) in [4.78, 5) is 27.9. The molecule has 232 valence electrons. The fraction of sp³-hybridized carbons (Fsp3) is 0.788. The maximum atomic E-state index is 14.1. The molecule has 1 amide bonds. The molecule has 0 aliphatic heterocycles. The van der Waals surface area contributed by atoms with Gasteiger partial charge in [-0.1, -0.05) is 39.3 Å². The van der Waals surface area contributed by atoms with Gasteiger partial charge in [0.15, 0.2) is 5.78 Å². The highest BCUT2D eigenvalue weighted by atomic mass is 19.4. The Hall–Kier alpha value is -2.18. The number of aliphatic hydroxyl groups excluding tert-OH is 1. The van der Waals surface area contributed by atoms with Gasteiger partial charge in [-0.2, -0.15) is 18.4 Å². The molecule has 0 spiro atoms. The van der Waals surface area contributed by atoms with Crippen LogP contribution in [0.15, 0.2) is 23.3 Å². The van der Waals surface area contributed by atoms with Crippen LogP contribution in [0.2, 0.25) is 0 Å². The molecule has 0 saturated heterocycles. The summed E-state index contributed by atoms with van der Waals surface area (Å²) >= 11 is 0. The summed E-state index contributed by atoms with van der Waals surface area (Å²) < 4.78 is 39.5. The van der Waals surface area contributed by atoms with Crippen LogP contribution in [0.3, 0.4) is 0 Å². The predicted octanol–water partition coefficient (Wildman–Crippen LogP) is 5.79. The van der Waals surface area contributed by atoms with Crippen LogP contribution in [0, 0.1) is 56.7 Å². The highest BCUT2D eigenvalue weighted by Crippen LogP contribution is 2.68. The first-order valence-electron chi connectivity index (χ1n) is 15.4. The van der Waals surface area contributed by atoms with Gasteiger partial charge >= 0.3 is 6.18 Å². The normalized spacial score (nSPS) is 44.9. The fourth-order valence-corrected chi connectivity index (χ4v) is 9.77. The Balaban J connectivity index is 1.59. The number of allylic oxidation sites excluding steroid dienone is 3. The molecule has 0 aromatic rings. The van der Waals surface area contributed by atoms with Crippen molar-refractivity contribution < 1.29 is 33.0 Å². The first-order valence-corrected chi connectivity index (χ1v) is 15.4. The monoisotopic (exact) mass is 590 g/mol. The maximum absolute atomic E-state index is 14.1. The number of halogens is 3. The molecule has 0 radical (unpaired) electrons. The number of amides is 1. The molecule has 0 aromatic heterocycles. The summed E-state index contributed by atoms with van der Waals surface area (Å²) in [7, 11) is 0. The van der Waals surface area contributed by atoms with Gasteiger partial charge in [0.1, 0.15) is 12.6 Å². The van der Waals surface area contributed by atoms with E-state index in [1.807, 2.05) is 0 Å². The molecule has 3 fully saturated rings. The van der Waals surface area contributed by atoms with Crippen LogP contribution < -0.4 is 5.32 Å². The van der Waals surface area contributed by atoms with Gasteiger partial charge in [0.25, 0.3) is 0 Å². The number of aliphatic hydroxyl groups is 2. The number of ketones is 1. The molecule has 5 rings (SSSR count). The largest absolute Gasteiger partial charge is 0.405 e. The average molecular weight is 591 g/mol. The number of carbonyl (C=O) groups is 2. The number of hydrogen-bond acceptors (Lipinski definition) is 5. The van der Waals surface area contributed by atoms with E-state index in [4.69, 9.17) is 0 Å². The summed E-state index contributed by atoms with van der Waals surface area (Å²) in [6.45, 7) is 8.76. The lowest BCUT2D eigenvalue weighted by Gasteiger charge is -2.55. The lowest BCUT2D eigenvalue weighted by molar-refractivity contribution is -0.151. The second-order valence-electron chi connectivity index (χ2n) is 15.5. The summed E-state index contributed by atoms with van der Waals surface area (Å²) in [5.74, 6) is -1.80. The molecule has 3 N–H and O–H groups in total. The van der Waals surface area contributed by atoms with E-state index < -0.39 is 52.5 Å². The van der Waals surface area contributed by atoms with Gasteiger partial charge < -0.3 is 15.5 Å². The minimum Gasteiger partial charge on any atom is -0.387 e. The Bertz CT molecular complexity index is 1260. The third kappa shape index (κ3) is 4.76. The van der Waals surface area contributed by atoms with E-state index in [0.29, 0.717) is 51.4 Å². The molecule has 3 saturated carbocycles. The molecule has 42 heavy (non-hydrogen) atoms. The van der Waals surface area contributed by atoms with E-state index in [1.54, 1.807) is 19.1 Å². The third-order valence-electron chi connectivity index (χ3n) is 12.8. The highest BCUT2D eigenvalue weighted by molar-refractivity contribution is 5.95. The summed E-state index contributed by atoms with van der Waals surface area (Å²) in [5.41, 5.74) is -2.64. The van der Waals surface area contributed by atoms with Gasteiger partial charge in [0.05, 0.1) is 22.7 Å². The van der Waals surface area contributed by atoms with Crippen LogP contribution in [0.25, 0.3) is 0 Å². The summed E-state index contributed by atoms with van der Waals surface area (Å²) in [6, 6.07) is 2.07. The quantitative estimate of drug-likeness (QED) is 0.377. The zero-order valence-corrected chi connectivity index (χ0v) is 25.4. The van der Waals surface area contributed by atoms with E-state index in [2.05, 4.69) is 39.1 Å². The first-order chi connectivity index (χ1) is 19.3. The Kier molecular flexibility index (Phi) is 7.38. The van der Waals surface area contributed by atoms with E-state index in [0.717, 1.165) is 12.0 Å². The van der Waals surface area contributed by atoms with E-state index in [9.17, 15) is 38.2 Å². The number of nitrogens with one attached hydrogen (secondary N) is 1. The van der Waals surface area contributed by atoms with Gasteiger partial charge in [-0.25, -0.2) is 0 Å². The van der Waals surface area contributed by atoms with Crippen molar-refractivity contribution in [2.24, 2.45) is 45.3 Å². The molecule has 0 aromatic carbocycles. The molecule has 3 unspecified atom stereocenters. The van der Waals surface area contributed by atoms with E-state index in [-0.39, 0.29) is 34.5 Å². The fourth-order valence-electron chi connectivity index (χ4n) is 9.77.